The number of fused-ring (bicyclic) bond motifs is 1. The summed E-state index contributed by atoms with van der Waals surface area (Å²) in [6.07, 6.45) is 3.51. The van der Waals surface area contributed by atoms with E-state index in [4.69, 9.17) is 19.8 Å². The van der Waals surface area contributed by atoms with Gasteiger partial charge in [-0.2, -0.15) is 18.3 Å². The van der Waals surface area contributed by atoms with Crippen LogP contribution in [0, 0.1) is 0 Å². The Hall–Kier alpha value is -3.91. The van der Waals surface area contributed by atoms with Gasteiger partial charge in [0.15, 0.2) is 11.7 Å². The minimum Gasteiger partial charge on any atom is -0.360 e. The largest absolute Gasteiger partial charge is 0.421 e. The first-order chi connectivity index (χ1) is 22.5. The topological polar surface area (TPSA) is 103 Å². The zero-order valence-electron chi connectivity index (χ0n) is 26.6. The van der Waals surface area contributed by atoms with E-state index >= 15 is 0 Å². The maximum atomic E-state index is 13.8. The molecule has 4 heterocycles. The molecule has 0 radical (unpaired) electrons. The van der Waals surface area contributed by atoms with Gasteiger partial charge in [0, 0.05) is 44.7 Å². The summed E-state index contributed by atoms with van der Waals surface area (Å²) in [6, 6.07) is 7.90. The van der Waals surface area contributed by atoms with Gasteiger partial charge in [0.1, 0.15) is 30.8 Å². The average Bonchev–Trinajstić information content (AvgIpc) is 3.98. The van der Waals surface area contributed by atoms with E-state index < -0.39 is 26.5 Å². The summed E-state index contributed by atoms with van der Waals surface area (Å²) >= 11 is 0. The molecule has 1 aliphatic heterocycles. The Morgan fingerprint density at radius 1 is 1.00 bits per heavy atom. The Kier molecular flexibility index (Phi) is 8.06. The number of amidine groups is 1. The van der Waals surface area contributed by atoms with Crippen molar-refractivity contribution in [1.29, 1.82) is 0 Å². The van der Waals surface area contributed by atoms with E-state index in [-0.39, 0.29) is 19.0 Å². The van der Waals surface area contributed by atoms with Crippen LogP contribution in [-0.2, 0) is 17.9 Å². The number of aromatic nitrogens is 6. The van der Waals surface area contributed by atoms with Gasteiger partial charge in [-0.15, -0.1) is 0 Å². The van der Waals surface area contributed by atoms with Gasteiger partial charge < -0.3 is 4.74 Å². The molecular weight excluding hydrogens is 628 g/mol. The number of aliphatic imine (C=N–C) groups is 2. The van der Waals surface area contributed by atoms with Gasteiger partial charge in [-0.05, 0) is 37.3 Å². The monoisotopic (exact) mass is 664 g/mol. The fourth-order valence-electron chi connectivity index (χ4n) is 5.76. The highest BCUT2D eigenvalue weighted by molar-refractivity contribution is 6.76. The molecule has 2 saturated carbocycles. The number of ether oxygens (including phenoxy) is 1. The first-order valence-corrected chi connectivity index (χ1v) is 19.7. The fraction of sp³-hybridized carbons (Fsp3) is 0.485. The van der Waals surface area contributed by atoms with Crippen molar-refractivity contribution in [2.45, 2.75) is 88.1 Å². The van der Waals surface area contributed by atoms with Crippen LogP contribution in [0.3, 0.4) is 0 Å². The maximum absolute atomic E-state index is 13.8. The Balaban J connectivity index is 1.30. The molecule has 0 bridgehead atoms. The predicted octanol–water partition coefficient (Wildman–Crippen LogP) is 7.04. The second kappa shape index (κ2) is 12.0. The molecule has 2 aliphatic carbocycles. The molecule has 7 rings (SSSR count). The van der Waals surface area contributed by atoms with E-state index in [1.165, 1.54) is 0 Å². The van der Waals surface area contributed by atoms with Crippen LogP contribution in [0.5, 0.6) is 0 Å². The molecule has 3 aromatic heterocycles. The molecule has 246 valence electrons. The van der Waals surface area contributed by atoms with E-state index in [0.29, 0.717) is 58.3 Å². The van der Waals surface area contributed by atoms with Crippen LogP contribution in [0.2, 0.25) is 25.7 Å². The lowest BCUT2D eigenvalue weighted by Crippen LogP contribution is -2.45. The molecule has 14 heteroatoms. The Labute approximate surface area is 270 Å². The summed E-state index contributed by atoms with van der Waals surface area (Å²) in [5, 5.41) is 4.90. The van der Waals surface area contributed by atoms with Crippen molar-refractivity contribution in [3.8, 4) is 11.4 Å². The minimum absolute atomic E-state index is 0.172. The van der Waals surface area contributed by atoms with Crippen molar-refractivity contribution < 1.29 is 22.3 Å². The lowest BCUT2D eigenvalue weighted by molar-refractivity contribution is -0.165. The molecular formula is C33H36F4N8OSi. The second-order valence-electron chi connectivity index (χ2n) is 13.9. The third-order valence-electron chi connectivity index (χ3n) is 8.85. The van der Waals surface area contributed by atoms with Gasteiger partial charge >= 0.3 is 6.18 Å². The van der Waals surface area contributed by atoms with Crippen molar-refractivity contribution in [2.75, 3.05) is 13.3 Å². The number of alkyl halides is 4. The standard InChI is InChI=1S/C33H36F4N8OSi/c1-47(2,3)13-12-46-19-45-25-15-38-31(26-27(20-8-9-20)40-18-41-28(26)21-10-11-21)42-29(25)24(44-45)14-22-6-4-5-7-23(22)30-39-17-32(16-34,43-30)33(35,36)37/h4-7,15,17-18,20-21H,8-14,16,19H2,1-3H3. The Bertz CT molecular complexity index is 1850. The van der Waals surface area contributed by atoms with Crippen molar-refractivity contribution in [1.82, 2.24) is 29.7 Å². The van der Waals surface area contributed by atoms with Crippen LogP contribution in [0.4, 0.5) is 17.6 Å². The van der Waals surface area contributed by atoms with Crippen LogP contribution in [0.15, 0.2) is 46.8 Å². The number of rotatable bonds is 12. The first-order valence-electron chi connectivity index (χ1n) is 16.0. The Morgan fingerprint density at radius 3 is 2.32 bits per heavy atom. The quantitative estimate of drug-likeness (QED) is 0.0915. The van der Waals surface area contributed by atoms with E-state index in [0.717, 1.165) is 48.7 Å². The number of benzene rings is 1. The fourth-order valence-corrected chi connectivity index (χ4v) is 6.52. The lowest BCUT2D eigenvalue weighted by Gasteiger charge is -2.22. The summed E-state index contributed by atoms with van der Waals surface area (Å²) in [4.78, 5) is 26.9. The molecule has 47 heavy (non-hydrogen) atoms. The van der Waals surface area contributed by atoms with Crippen molar-refractivity contribution in [3.05, 3.63) is 65.0 Å². The van der Waals surface area contributed by atoms with Gasteiger partial charge in [-0.3, -0.25) is 0 Å². The molecule has 1 atom stereocenters. The third kappa shape index (κ3) is 6.36. The van der Waals surface area contributed by atoms with Gasteiger partial charge in [0.2, 0.25) is 5.54 Å². The molecule has 3 aliphatic rings. The molecule has 0 saturated heterocycles. The zero-order chi connectivity index (χ0) is 33.0. The first kappa shape index (κ1) is 31.7. The molecule has 0 N–H and O–H groups in total. The van der Waals surface area contributed by atoms with Gasteiger partial charge in [0.05, 0.1) is 28.8 Å². The highest BCUT2D eigenvalue weighted by atomic mass is 28.3. The van der Waals surface area contributed by atoms with E-state index in [1.54, 1.807) is 41.5 Å². The van der Waals surface area contributed by atoms with Crippen molar-refractivity contribution >= 4 is 31.2 Å². The van der Waals surface area contributed by atoms with Crippen LogP contribution in [0.1, 0.15) is 65.7 Å². The van der Waals surface area contributed by atoms with Gasteiger partial charge in [-0.25, -0.2) is 39.0 Å². The maximum Gasteiger partial charge on any atom is 0.421 e. The highest BCUT2D eigenvalue weighted by Gasteiger charge is 2.56. The van der Waals surface area contributed by atoms with Crippen LogP contribution in [-0.4, -0.2) is 74.8 Å². The third-order valence-corrected chi connectivity index (χ3v) is 10.6. The number of hydrogen-bond donors (Lipinski definition) is 0. The summed E-state index contributed by atoms with van der Waals surface area (Å²) in [6.45, 7) is 5.92. The molecule has 1 aromatic carbocycles. The lowest BCUT2D eigenvalue weighted by atomic mass is 10.0. The highest BCUT2D eigenvalue weighted by Crippen LogP contribution is 2.48. The van der Waals surface area contributed by atoms with Gasteiger partial charge in [-0.1, -0.05) is 43.9 Å². The van der Waals surface area contributed by atoms with E-state index in [1.807, 2.05) is 0 Å². The summed E-state index contributed by atoms with van der Waals surface area (Å²) < 4.78 is 62.9. The molecule has 0 spiro atoms. The van der Waals surface area contributed by atoms with Crippen molar-refractivity contribution in [2.24, 2.45) is 9.98 Å². The summed E-state index contributed by atoms with van der Waals surface area (Å²) in [5.41, 5.74) is 2.75. The summed E-state index contributed by atoms with van der Waals surface area (Å²) in [5.74, 6) is 1.09. The SMILES string of the molecule is C[Si](C)(C)CCOCn1nc(Cc2ccccc2C2=NC(CF)(C(F)(F)F)C=N2)c2nc(-c3c(C4CC4)ncnc3C3CC3)ncc21. The number of hydrogen-bond acceptors (Lipinski definition) is 8. The van der Waals surface area contributed by atoms with Gasteiger partial charge in [0.25, 0.3) is 0 Å². The Morgan fingerprint density at radius 2 is 1.70 bits per heavy atom. The molecule has 9 nitrogen and oxygen atoms in total. The molecule has 4 aromatic rings. The molecule has 1 unspecified atom stereocenters. The predicted molar refractivity (Wildman–Crippen MR) is 173 cm³/mol. The second-order valence-corrected chi connectivity index (χ2v) is 19.5. The van der Waals surface area contributed by atoms with E-state index in [2.05, 4.69) is 39.6 Å². The molecule has 0 amide bonds. The van der Waals surface area contributed by atoms with Crippen molar-refractivity contribution in [3.63, 3.8) is 0 Å². The minimum atomic E-state index is -4.92. The van der Waals surface area contributed by atoms with Crippen LogP contribution < -0.4 is 0 Å². The normalized spacial score (nSPS) is 19.9. The van der Waals surface area contributed by atoms with Crippen LogP contribution >= 0.6 is 0 Å². The number of halogens is 4. The average molecular weight is 665 g/mol. The summed E-state index contributed by atoms with van der Waals surface area (Å²) in [7, 11) is -1.31. The zero-order valence-corrected chi connectivity index (χ0v) is 27.6. The molecule has 2 fully saturated rings. The smallest absolute Gasteiger partial charge is 0.360 e. The van der Waals surface area contributed by atoms with Crippen LogP contribution in [0.25, 0.3) is 22.4 Å². The number of nitrogens with zero attached hydrogens (tertiary/aromatic N) is 8. The van der Waals surface area contributed by atoms with E-state index in [9.17, 15) is 17.6 Å².